The average molecular weight is 705 g/mol. The highest BCUT2D eigenvalue weighted by Crippen LogP contribution is 2.38. The normalized spacial score (nSPS) is 16.2. The number of aromatic nitrogens is 2. The first-order valence-corrected chi connectivity index (χ1v) is 18.2. The maximum absolute atomic E-state index is 8.74. The maximum Gasteiger partial charge on any atom is 0.151 e. The third-order valence-electron chi connectivity index (χ3n) is 9.44. The van der Waals surface area contributed by atoms with Crippen LogP contribution in [0.5, 0.6) is 0 Å². The summed E-state index contributed by atoms with van der Waals surface area (Å²) in [6, 6.07) is 24.6. The number of rotatable bonds is 14. The van der Waals surface area contributed by atoms with Crippen LogP contribution in [0, 0.1) is 24.2 Å². The molecule has 4 nitrogen and oxygen atoms in total. The molecule has 1 aliphatic carbocycles. The minimum atomic E-state index is 0.0693. The molecule has 2 atom stereocenters. The SMILES string of the molecule is C=C/C=C\C(=C)C(=N)N=C(/C=C/C/C=C(\C=C/C)c1cc(C=C)c(C)c(C2=CC=CC(C)C2C=C)c1)c1cccc(-c2cc(-c3ccccc3)ncn2)c1. The summed E-state index contributed by atoms with van der Waals surface area (Å²) in [5, 5.41) is 8.74. The molecular weight excluding hydrogens is 657 g/mol. The summed E-state index contributed by atoms with van der Waals surface area (Å²) in [5.74, 6) is 0.673. The van der Waals surface area contributed by atoms with Gasteiger partial charge >= 0.3 is 0 Å². The number of amidine groups is 1. The topological polar surface area (TPSA) is 62.0 Å². The molecule has 1 heterocycles. The van der Waals surface area contributed by atoms with Crippen molar-refractivity contribution >= 4 is 28.8 Å². The van der Waals surface area contributed by atoms with Gasteiger partial charge in [-0.15, -0.1) is 6.58 Å². The number of benzene rings is 3. The molecule has 3 aromatic carbocycles. The zero-order chi connectivity index (χ0) is 38.5. The van der Waals surface area contributed by atoms with Gasteiger partial charge in [-0.25, -0.2) is 15.0 Å². The van der Waals surface area contributed by atoms with E-state index in [1.165, 1.54) is 16.7 Å². The molecule has 4 aromatic rings. The molecule has 0 saturated carbocycles. The molecule has 1 N–H and O–H groups in total. The van der Waals surface area contributed by atoms with Gasteiger partial charge in [-0.1, -0.05) is 148 Å². The van der Waals surface area contributed by atoms with Crippen molar-refractivity contribution in [3.05, 3.63) is 212 Å². The average Bonchev–Trinajstić information content (AvgIpc) is 3.21. The molecule has 54 heavy (non-hydrogen) atoms. The van der Waals surface area contributed by atoms with Gasteiger partial charge in [-0.3, -0.25) is 5.41 Å². The van der Waals surface area contributed by atoms with E-state index in [2.05, 4.69) is 111 Å². The molecule has 0 amide bonds. The summed E-state index contributed by atoms with van der Waals surface area (Å²) in [7, 11) is 0. The first kappa shape index (κ1) is 38.7. The van der Waals surface area contributed by atoms with E-state index in [9.17, 15) is 0 Å². The highest BCUT2D eigenvalue weighted by molar-refractivity contribution is 6.17. The summed E-state index contributed by atoms with van der Waals surface area (Å²) in [6.45, 7) is 22.5. The van der Waals surface area contributed by atoms with Crippen LogP contribution in [-0.4, -0.2) is 21.5 Å². The minimum Gasteiger partial charge on any atom is -0.282 e. The van der Waals surface area contributed by atoms with E-state index >= 15 is 0 Å². The van der Waals surface area contributed by atoms with Crippen molar-refractivity contribution in [1.29, 1.82) is 5.41 Å². The Morgan fingerprint density at radius 2 is 1.65 bits per heavy atom. The largest absolute Gasteiger partial charge is 0.282 e. The highest BCUT2D eigenvalue weighted by atomic mass is 14.8. The summed E-state index contributed by atoms with van der Waals surface area (Å²) in [6.07, 6.45) is 28.5. The lowest BCUT2D eigenvalue weighted by Crippen LogP contribution is -2.13. The first-order chi connectivity index (χ1) is 26.3. The number of hydrogen-bond donors (Lipinski definition) is 1. The fraction of sp³-hybridized carbons (Fsp3) is 0.120. The van der Waals surface area contributed by atoms with E-state index in [1.54, 1.807) is 24.6 Å². The molecule has 1 aromatic heterocycles. The lowest BCUT2D eigenvalue weighted by Gasteiger charge is -2.27. The van der Waals surface area contributed by atoms with Crippen LogP contribution in [0.15, 0.2) is 189 Å². The van der Waals surface area contributed by atoms with Gasteiger partial charge in [-0.05, 0) is 89.9 Å². The number of allylic oxidation sites excluding steroid dienone is 13. The van der Waals surface area contributed by atoms with E-state index in [4.69, 9.17) is 10.4 Å². The fourth-order valence-corrected chi connectivity index (χ4v) is 6.48. The molecule has 0 saturated heterocycles. The summed E-state index contributed by atoms with van der Waals surface area (Å²) in [5.41, 5.74) is 12.6. The summed E-state index contributed by atoms with van der Waals surface area (Å²) < 4.78 is 0. The second-order valence-corrected chi connectivity index (χ2v) is 13.1. The molecule has 268 valence electrons. The Labute approximate surface area is 321 Å². The highest BCUT2D eigenvalue weighted by Gasteiger charge is 2.22. The van der Waals surface area contributed by atoms with Crippen LogP contribution in [0.25, 0.3) is 39.7 Å². The second kappa shape index (κ2) is 18.8. The number of aliphatic imine (C=N–C) groups is 1. The van der Waals surface area contributed by atoms with Crippen LogP contribution in [0.4, 0.5) is 0 Å². The molecule has 2 unspecified atom stereocenters. The second-order valence-electron chi connectivity index (χ2n) is 13.1. The van der Waals surface area contributed by atoms with Gasteiger partial charge in [0, 0.05) is 28.2 Å². The molecule has 0 spiro atoms. The van der Waals surface area contributed by atoms with Crippen molar-refractivity contribution in [2.24, 2.45) is 16.8 Å². The Bertz CT molecular complexity index is 2270. The predicted octanol–water partition coefficient (Wildman–Crippen LogP) is 12.8. The van der Waals surface area contributed by atoms with E-state index in [1.807, 2.05) is 79.7 Å². The quantitative estimate of drug-likeness (QED) is 0.0615. The predicted molar refractivity (Wildman–Crippen MR) is 233 cm³/mol. The van der Waals surface area contributed by atoms with E-state index in [0.717, 1.165) is 44.8 Å². The van der Waals surface area contributed by atoms with Crippen molar-refractivity contribution in [3.8, 4) is 22.5 Å². The first-order valence-electron chi connectivity index (χ1n) is 18.2. The van der Waals surface area contributed by atoms with Crippen molar-refractivity contribution in [2.45, 2.75) is 27.2 Å². The Kier molecular flexibility index (Phi) is 13.5. The molecule has 4 heteroatoms. The maximum atomic E-state index is 8.74. The van der Waals surface area contributed by atoms with Crippen molar-refractivity contribution < 1.29 is 0 Å². The number of nitrogens with one attached hydrogen (secondary N) is 1. The smallest absolute Gasteiger partial charge is 0.151 e. The van der Waals surface area contributed by atoms with Gasteiger partial charge in [0.25, 0.3) is 0 Å². The van der Waals surface area contributed by atoms with Gasteiger partial charge in [-0.2, -0.15) is 0 Å². The van der Waals surface area contributed by atoms with Crippen LogP contribution in [0.3, 0.4) is 0 Å². The Morgan fingerprint density at radius 3 is 2.37 bits per heavy atom. The van der Waals surface area contributed by atoms with Crippen LogP contribution in [0.2, 0.25) is 0 Å². The van der Waals surface area contributed by atoms with Crippen LogP contribution < -0.4 is 0 Å². The lowest BCUT2D eigenvalue weighted by atomic mass is 9.77. The standard InChI is InChI=1S/C50H48N4/c1-8-12-21-36(6)50(51)54-47(41-26-19-27-42(31-41)49-33-48(52-34-53-49)40-24-14-13-15-25-40)29-17-16-23-39(20-9-2)43-30-38(10-3)37(7)46(32-43)45-28-18-22-35(5)44(45)11-4/h8-15,17-35,44,51H,1,3-4,6,16H2,2,5,7H3/b20-9-,21-12-,29-17+,39-23+,51-50?,54-47?. The molecular formula is C50H48N4. The Hall–Kier alpha value is -6.52. The van der Waals surface area contributed by atoms with E-state index < -0.39 is 0 Å². The molecule has 5 rings (SSSR count). The Morgan fingerprint density at radius 1 is 0.889 bits per heavy atom. The number of hydrogen-bond acceptors (Lipinski definition) is 3. The lowest BCUT2D eigenvalue weighted by molar-refractivity contribution is 0.622. The van der Waals surface area contributed by atoms with E-state index in [0.29, 0.717) is 23.6 Å². The third kappa shape index (κ3) is 9.47. The van der Waals surface area contributed by atoms with Crippen molar-refractivity contribution in [1.82, 2.24) is 9.97 Å². The molecule has 0 aliphatic heterocycles. The Balaban J connectivity index is 1.51. The molecule has 1 aliphatic rings. The van der Waals surface area contributed by atoms with Crippen LogP contribution in [0.1, 0.15) is 48.1 Å². The van der Waals surface area contributed by atoms with Gasteiger partial charge in [0.1, 0.15) is 6.33 Å². The minimum absolute atomic E-state index is 0.0693. The monoisotopic (exact) mass is 704 g/mol. The summed E-state index contributed by atoms with van der Waals surface area (Å²) >= 11 is 0. The van der Waals surface area contributed by atoms with Gasteiger partial charge in [0.15, 0.2) is 5.84 Å². The summed E-state index contributed by atoms with van der Waals surface area (Å²) in [4.78, 5) is 13.9. The van der Waals surface area contributed by atoms with Gasteiger partial charge in [0.2, 0.25) is 0 Å². The molecule has 0 fully saturated rings. The van der Waals surface area contributed by atoms with Gasteiger partial charge < -0.3 is 0 Å². The number of nitrogens with zero attached hydrogens (tertiary/aromatic N) is 3. The van der Waals surface area contributed by atoms with Gasteiger partial charge in [0.05, 0.1) is 17.1 Å². The zero-order valence-electron chi connectivity index (χ0n) is 31.5. The molecule has 0 radical (unpaired) electrons. The van der Waals surface area contributed by atoms with Crippen LogP contribution >= 0.6 is 0 Å². The van der Waals surface area contributed by atoms with Crippen molar-refractivity contribution in [2.75, 3.05) is 0 Å². The third-order valence-corrected chi connectivity index (χ3v) is 9.44. The molecule has 0 bridgehead atoms. The fourth-order valence-electron chi connectivity index (χ4n) is 6.48. The van der Waals surface area contributed by atoms with Crippen molar-refractivity contribution in [3.63, 3.8) is 0 Å². The van der Waals surface area contributed by atoms with E-state index in [-0.39, 0.29) is 11.8 Å². The van der Waals surface area contributed by atoms with Crippen LogP contribution in [-0.2, 0) is 0 Å². The zero-order valence-corrected chi connectivity index (χ0v) is 31.5.